The zero-order chi connectivity index (χ0) is 16.0. The van der Waals surface area contributed by atoms with Crippen LogP contribution in [0, 0.1) is 13.8 Å². The molecule has 0 amide bonds. The van der Waals surface area contributed by atoms with Crippen molar-refractivity contribution >= 4 is 16.3 Å². The summed E-state index contributed by atoms with van der Waals surface area (Å²) in [6.45, 7) is 5.31. The predicted molar refractivity (Wildman–Crippen MR) is 90.0 cm³/mol. The number of hydrogen-bond donors (Lipinski definition) is 2. The Balaban J connectivity index is 1.53. The molecule has 2 N–H and O–H groups in total. The van der Waals surface area contributed by atoms with Gasteiger partial charge in [0.15, 0.2) is 4.96 Å². The van der Waals surface area contributed by atoms with Crippen molar-refractivity contribution in [3.05, 3.63) is 51.8 Å². The smallest absolute Gasteiger partial charge is 0.194 e. The van der Waals surface area contributed by atoms with Crippen LogP contribution in [0.15, 0.2) is 24.4 Å². The largest absolute Gasteiger partial charge is 0.493 e. The molecule has 1 atom stereocenters. The minimum absolute atomic E-state index is 0.577. The van der Waals surface area contributed by atoms with Crippen molar-refractivity contribution in [2.75, 3.05) is 6.61 Å². The molecule has 120 valence electrons. The molecule has 1 aliphatic heterocycles. The van der Waals surface area contributed by atoms with Crippen molar-refractivity contribution in [3.8, 4) is 5.75 Å². The number of fused-ring (bicyclic) bond motifs is 2. The molecule has 5 nitrogen and oxygen atoms in total. The van der Waals surface area contributed by atoms with Crippen LogP contribution in [0.3, 0.4) is 0 Å². The van der Waals surface area contributed by atoms with Gasteiger partial charge in [0.2, 0.25) is 0 Å². The number of nitrogens with one attached hydrogen (secondary N) is 1. The van der Waals surface area contributed by atoms with Crippen LogP contribution in [-0.2, 0) is 13.0 Å². The fourth-order valence-electron chi connectivity index (χ4n) is 3.04. The van der Waals surface area contributed by atoms with Crippen LogP contribution >= 0.6 is 11.3 Å². The number of hydrogen-bond acceptors (Lipinski definition) is 5. The predicted octanol–water partition coefficient (Wildman–Crippen LogP) is 2.73. The molecule has 23 heavy (non-hydrogen) atoms. The Labute approximate surface area is 138 Å². The van der Waals surface area contributed by atoms with Gasteiger partial charge >= 0.3 is 0 Å². The van der Waals surface area contributed by atoms with E-state index in [-0.39, 0.29) is 0 Å². The molecule has 0 radical (unpaired) electrons. The minimum Gasteiger partial charge on any atom is -0.493 e. The molecule has 3 aromatic rings. The number of rotatable bonds is 4. The molecule has 0 saturated carbocycles. The van der Waals surface area contributed by atoms with Gasteiger partial charge < -0.3 is 9.84 Å². The Morgan fingerprint density at radius 1 is 1.43 bits per heavy atom. The van der Waals surface area contributed by atoms with Crippen LogP contribution in [0.25, 0.3) is 4.96 Å². The molecule has 0 saturated heterocycles. The summed E-state index contributed by atoms with van der Waals surface area (Å²) in [7, 11) is 0. The second-order valence-electron chi connectivity index (χ2n) is 5.90. The monoisotopic (exact) mass is 329 g/mol. The minimum atomic E-state index is -0.756. The van der Waals surface area contributed by atoms with Gasteiger partial charge in [-0.2, -0.15) is 0 Å². The van der Waals surface area contributed by atoms with Crippen molar-refractivity contribution in [3.63, 3.8) is 0 Å². The van der Waals surface area contributed by atoms with Gasteiger partial charge in [0.05, 0.1) is 18.0 Å². The van der Waals surface area contributed by atoms with Crippen molar-refractivity contribution < 1.29 is 9.84 Å². The second-order valence-corrected chi connectivity index (χ2v) is 7.11. The summed E-state index contributed by atoms with van der Waals surface area (Å²) in [4.78, 5) is 6.61. The summed E-state index contributed by atoms with van der Waals surface area (Å²) in [6.07, 6.45) is 2.24. The zero-order valence-electron chi connectivity index (χ0n) is 13.2. The summed E-state index contributed by atoms with van der Waals surface area (Å²) in [5.41, 5.74) is 4.02. The Kier molecular flexibility index (Phi) is 3.60. The average molecular weight is 329 g/mol. The molecule has 3 heterocycles. The third kappa shape index (κ3) is 2.63. The summed E-state index contributed by atoms with van der Waals surface area (Å²) in [5.74, 6) is 0.968. The number of aryl methyl sites for hydroxylation is 2. The van der Waals surface area contributed by atoms with E-state index < -0.39 is 6.23 Å². The number of imidazole rings is 1. The van der Waals surface area contributed by atoms with Crippen LogP contribution in [-0.4, -0.2) is 21.1 Å². The number of ether oxygens (including phenoxy) is 1. The van der Waals surface area contributed by atoms with Gasteiger partial charge in [0.1, 0.15) is 12.0 Å². The van der Waals surface area contributed by atoms with Crippen LogP contribution in [0.4, 0.5) is 0 Å². The fourth-order valence-corrected chi connectivity index (χ4v) is 3.92. The lowest BCUT2D eigenvalue weighted by atomic mass is 10.1. The highest BCUT2D eigenvalue weighted by molar-refractivity contribution is 7.17. The van der Waals surface area contributed by atoms with E-state index in [2.05, 4.69) is 28.5 Å². The molecule has 0 fully saturated rings. The quantitative estimate of drug-likeness (QED) is 0.723. The first-order chi connectivity index (χ1) is 11.1. The van der Waals surface area contributed by atoms with E-state index in [9.17, 15) is 5.11 Å². The highest BCUT2D eigenvalue weighted by atomic mass is 32.1. The van der Waals surface area contributed by atoms with Crippen molar-refractivity contribution in [2.24, 2.45) is 0 Å². The Morgan fingerprint density at radius 3 is 3.17 bits per heavy atom. The fraction of sp³-hybridized carbons (Fsp3) is 0.353. The molecule has 6 heteroatoms. The highest BCUT2D eigenvalue weighted by Crippen LogP contribution is 2.27. The lowest BCUT2D eigenvalue weighted by Crippen LogP contribution is -2.22. The second kappa shape index (κ2) is 5.63. The zero-order valence-corrected chi connectivity index (χ0v) is 14.0. The first kappa shape index (κ1) is 14.7. The lowest BCUT2D eigenvalue weighted by Gasteiger charge is -2.14. The standard InChI is InChI=1S/C17H19N3O2S/c1-10-9-20-15(11(2)19-17(20)23-10)16(21)18-8-12-3-4-13-5-6-22-14(13)7-12/h3-4,7,9,16,18,21H,5-6,8H2,1-2H3. The van der Waals surface area contributed by atoms with Gasteiger partial charge in [0, 0.05) is 24.0 Å². The maximum Gasteiger partial charge on any atom is 0.194 e. The van der Waals surface area contributed by atoms with Gasteiger partial charge in [-0.15, -0.1) is 11.3 Å². The SMILES string of the molecule is Cc1cn2c(C(O)NCc3ccc4c(c3)OCC4)c(C)nc2s1. The average Bonchev–Trinajstić information content (AvgIpc) is 3.17. The van der Waals surface area contributed by atoms with Crippen molar-refractivity contribution in [2.45, 2.75) is 33.0 Å². The Bertz CT molecular complexity index is 868. The van der Waals surface area contributed by atoms with Gasteiger partial charge in [-0.05, 0) is 31.0 Å². The van der Waals surface area contributed by atoms with Crippen LogP contribution in [0.2, 0.25) is 0 Å². The number of aromatic nitrogens is 2. The molecular formula is C17H19N3O2S. The van der Waals surface area contributed by atoms with Gasteiger partial charge in [0.25, 0.3) is 0 Å². The molecule has 1 unspecified atom stereocenters. The van der Waals surface area contributed by atoms with Crippen molar-refractivity contribution in [1.82, 2.24) is 14.7 Å². The molecular weight excluding hydrogens is 310 g/mol. The van der Waals surface area contributed by atoms with Crippen LogP contribution < -0.4 is 10.1 Å². The van der Waals surface area contributed by atoms with E-state index in [1.165, 1.54) is 10.4 Å². The molecule has 0 spiro atoms. The summed E-state index contributed by atoms with van der Waals surface area (Å²) in [5, 5.41) is 13.7. The Morgan fingerprint density at radius 2 is 2.30 bits per heavy atom. The van der Waals surface area contributed by atoms with Gasteiger partial charge in [-0.3, -0.25) is 9.72 Å². The number of aliphatic hydroxyl groups excluding tert-OH is 1. The maximum atomic E-state index is 10.6. The molecule has 0 bridgehead atoms. The molecule has 2 aromatic heterocycles. The van der Waals surface area contributed by atoms with E-state index in [0.717, 1.165) is 40.7 Å². The Hall–Kier alpha value is -1.89. The van der Waals surface area contributed by atoms with E-state index >= 15 is 0 Å². The molecule has 0 aliphatic carbocycles. The number of aliphatic hydroxyl groups is 1. The molecule has 1 aliphatic rings. The van der Waals surface area contributed by atoms with Crippen LogP contribution in [0.1, 0.15) is 33.6 Å². The van der Waals surface area contributed by atoms with E-state index in [1.807, 2.05) is 24.4 Å². The summed E-state index contributed by atoms with van der Waals surface area (Å²) < 4.78 is 7.57. The first-order valence-electron chi connectivity index (χ1n) is 7.73. The lowest BCUT2D eigenvalue weighted by molar-refractivity contribution is 0.131. The third-order valence-corrected chi connectivity index (χ3v) is 5.08. The number of nitrogens with zero attached hydrogens (tertiary/aromatic N) is 2. The molecule has 4 rings (SSSR count). The topological polar surface area (TPSA) is 58.8 Å². The number of thiazole rings is 1. The normalized spacial score (nSPS) is 14.9. The first-order valence-corrected chi connectivity index (χ1v) is 8.54. The van der Waals surface area contributed by atoms with Crippen LogP contribution in [0.5, 0.6) is 5.75 Å². The van der Waals surface area contributed by atoms with E-state index in [1.54, 1.807) is 11.3 Å². The van der Waals surface area contributed by atoms with E-state index in [4.69, 9.17) is 4.74 Å². The van der Waals surface area contributed by atoms with Gasteiger partial charge in [-0.1, -0.05) is 12.1 Å². The number of benzene rings is 1. The highest BCUT2D eigenvalue weighted by Gasteiger charge is 2.19. The van der Waals surface area contributed by atoms with E-state index in [0.29, 0.717) is 6.54 Å². The summed E-state index contributed by atoms with van der Waals surface area (Å²) in [6, 6.07) is 6.24. The molecule has 1 aromatic carbocycles. The maximum absolute atomic E-state index is 10.6. The third-order valence-electron chi connectivity index (χ3n) is 4.18. The van der Waals surface area contributed by atoms with Crippen molar-refractivity contribution in [1.29, 1.82) is 0 Å². The summed E-state index contributed by atoms with van der Waals surface area (Å²) >= 11 is 1.63. The van der Waals surface area contributed by atoms with Gasteiger partial charge in [-0.25, -0.2) is 4.98 Å².